The van der Waals surface area contributed by atoms with E-state index in [0.29, 0.717) is 24.7 Å². The van der Waals surface area contributed by atoms with Crippen LogP contribution in [0.25, 0.3) is 0 Å². The van der Waals surface area contributed by atoms with Crippen molar-refractivity contribution in [3.63, 3.8) is 0 Å². The molecule has 2 heterocycles. The second-order valence-electron chi connectivity index (χ2n) is 4.87. The van der Waals surface area contributed by atoms with Gasteiger partial charge in [-0.05, 0) is 19.4 Å². The van der Waals surface area contributed by atoms with Gasteiger partial charge < -0.3 is 19.5 Å². The molecule has 5 heteroatoms. The molecule has 104 valence electrons. The van der Waals surface area contributed by atoms with Crippen molar-refractivity contribution in [3.05, 3.63) is 17.4 Å². The topological polar surface area (TPSA) is 39.7 Å². The standard InChI is InChI=1S/C14H18FNO3/c1-17-13-10(15)7-11-14(19-6-5-18-11)12(13)9-3-2-4-16-8-9/h7,9,16H,2-6,8H2,1H3. The van der Waals surface area contributed by atoms with E-state index in [1.807, 2.05) is 0 Å². The Kier molecular flexibility index (Phi) is 3.46. The van der Waals surface area contributed by atoms with Gasteiger partial charge in [0.1, 0.15) is 13.2 Å². The van der Waals surface area contributed by atoms with Crippen molar-refractivity contribution in [2.75, 3.05) is 33.4 Å². The molecule has 2 aliphatic rings. The van der Waals surface area contributed by atoms with E-state index in [1.54, 1.807) is 0 Å². The first-order chi connectivity index (χ1) is 9.31. The molecule has 1 aromatic carbocycles. The van der Waals surface area contributed by atoms with Gasteiger partial charge in [0.05, 0.1) is 7.11 Å². The molecule has 0 aliphatic carbocycles. The molecule has 0 spiro atoms. The monoisotopic (exact) mass is 267 g/mol. The van der Waals surface area contributed by atoms with Gasteiger partial charge in [0.2, 0.25) is 0 Å². The van der Waals surface area contributed by atoms with Crippen LogP contribution < -0.4 is 19.5 Å². The third-order valence-electron chi connectivity index (χ3n) is 3.68. The quantitative estimate of drug-likeness (QED) is 0.890. The van der Waals surface area contributed by atoms with E-state index in [4.69, 9.17) is 14.2 Å². The van der Waals surface area contributed by atoms with Gasteiger partial charge in [0.15, 0.2) is 23.1 Å². The van der Waals surface area contributed by atoms with E-state index in [2.05, 4.69) is 5.32 Å². The normalized spacial score (nSPS) is 22.1. The van der Waals surface area contributed by atoms with Crippen LogP contribution in [0.2, 0.25) is 0 Å². The van der Waals surface area contributed by atoms with Crippen LogP contribution in [0, 0.1) is 5.82 Å². The second kappa shape index (κ2) is 5.25. The molecule has 4 nitrogen and oxygen atoms in total. The Balaban J connectivity index is 2.09. The number of rotatable bonds is 2. The zero-order chi connectivity index (χ0) is 13.2. The zero-order valence-electron chi connectivity index (χ0n) is 11.0. The van der Waals surface area contributed by atoms with Crippen LogP contribution in [-0.2, 0) is 0 Å². The van der Waals surface area contributed by atoms with Crippen LogP contribution in [0.1, 0.15) is 24.3 Å². The number of piperidine rings is 1. The maximum Gasteiger partial charge on any atom is 0.169 e. The van der Waals surface area contributed by atoms with Gasteiger partial charge in [-0.3, -0.25) is 0 Å². The molecule has 0 radical (unpaired) electrons. The van der Waals surface area contributed by atoms with Gasteiger partial charge in [-0.15, -0.1) is 0 Å². The van der Waals surface area contributed by atoms with Crippen LogP contribution in [0.3, 0.4) is 0 Å². The average Bonchev–Trinajstić information content (AvgIpc) is 2.46. The molecule has 3 rings (SSSR count). The molecule has 1 saturated heterocycles. The number of fused-ring (bicyclic) bond motifs is 1. The second-order valence-corrected chi connectivity index (χ2v) is 4.87. The summed E-state index contributed by atoms with van der Waals surface area (Å²) in [6, 6.07) is 1.35. The molecule has 1 N–H and O–H groups in total. The highest BCUT2D eigenvalue weighted by Crippen LogP contribution is 2.46. The molecule has 0 aromatic heterocycles. The van der Waals surface area contributed by atoms with Crippen molar-refractivity contribution < 1.29 is 18.6 Å². The summed E-state index contributed by atoms with van der Waals surface area (Å²) in [6.45, 7) is 2.78. The van der Waals surface area contributed by atoms with Crippen molar-refractivity contribution >= 4 is 0 Å². The Morgan fingerprint density at radius 1 is 1.37 bits per heavy atom. The number of hydrogen-bond donors (Lipinski definition) is 1. The highest BCUT2D eigenvalue weighted by molar-refractivity contribution is 5.57. The Morgan fingerprint density at radius 2 is 2.21 bits per heavy atom. The van der Waals surface area contributed by atoms with Crippen molar-refractivity contribution in [3.8, 4) is 17.2 Å². The maximum atomic E-state index is 14.1. The van der Waals surface area contributed by atoms with E-state index < -0.39 is 0 Å². The first kappa shape index (κ1) is 12.5. The van der Waals surface area contributed by atoms with Crippen LogP contribution in [0.5, 0.6) is 17.2 Å². The first-order valence-electron chi connectivity index (χ1n) is 6.68. The summed E-state index contributed by atoms with van der Waals surface area (Å²) < 4.78 is 30.6. The summed E-state index contributed by atoms with van der Waals surface area (Å²) >= 11 is 0. The lowest BCUT2D eigenvalue weighted by Crippen LogP contribution is -2.29. The number of halogens is 1. The fraction of sp³-hybridized carbons (Fsp3) is 0.571. The van der Waals surface area contributed by atoms with Crippen molar-refractivity contribution in [1.29, 1.82) is 0 Å². The van der Waals surface area contributed by atoms with Gasteiger partial charge in [-0.2, -0.15) is 0 Å². The molecule has 1 unspecified atom stereocenters. The summed E-state index contributed by atoms with van der Waals surface area (Å²) in [6.07, 6.45) is 2.07. The Bertz CT molecular complexity index is 472. The molecular weight excluding hydrogens is 249 g/mol. The van der Waals surface area contributed by atoms with Gasteiger partial charge in [0.25, 0.3) is 0 Å². The predicted molar refractivity (Wildman–Crippen MR) is 68.8 cm³/mol. The van der Waals surface area contributed by atoms with Crippen LogP contribution in [0.15, 0.2) is 6.07 Å². The molecule has 2 aliphatic heterocycles. The average molecular weight is 267 g/mol. The number of ether oxygens (including phenoxy) is 3. The van der Waals surface area contributed by atoms with Gasteiger partial charge >= 0.3 is 0 Å². The number of methoxy groups -OCH3 is 1. The van der Waals surface area contributed by atoms with Crippen molar-refractivity contribution in [2.24, 2.45) is 0 Å². The van der Waals surface area contributed by atoms with Gasteiger partial charge in [-0.1, -0.05) is 0 Å². The van der Waals surface area contributed by atoms with Crippen LogP contribution in [-0.4, -0.2) is 33.4 Å². The lowest BCUT2D eigenvalue weighted by atomic mass is 9.89. The third-order valence-corrected chi connectivity index (χ3v) is 3.68. The third kappa shape index (κ3) is 2.23. The molecule has 0 amide bonds. The minimum Gasteiger partial charge on any atom is -0.493 e. The molecular formula is C14H18FNO3. The van der Waals surface area contributed by atoms with E-state index in [-0.39, 0.29) is 17.5 Å². The van der Waals surface area contributed by atoms with E-state index in [0.717, 1.165) is 31.5 Å². The lowest BCUT2D eigenvalue weighted by molar-refractivity contribution is 0.166. The van der Waals surface area contributed by atoms with Crippen LogP contribution >= 0.6 is 0 Å². The number of nitrogens with one attached hydrogen (secondary N) is 1. The molecule has 0 saturated carbocycles. The number of hydrogen-bond acceptors (Lipinski definition) is 4. The van der Waals surface area contributed by atoms with Gasteiger partial charge in [0, 0.05) is 24.1 Å². The summed E-state index contributed by atoms with van der Waals surface area (Å²) in [5.74, 6) is 1.25. The Labute approximate surface area is 111 Å². The molecule has 0 bridgehead atoms. The maximum absolute atomic E-state index is 14.1. The van der Waals surface area contributed by atoms with Crippen molar-refractivity contribution in [2.45, 2.75) is 18.8 Å². The van der Waals surface area contributed by atoms with E-state index >= 15 is 0 Å². The summed E-state index contributed by atoms with van der Waals surface area (Å²) in [7, 11) is 1.49. The molecule has 1 atom stereocenters. The largest absolute Gasteiger partial charge is 0.493 e. The predicted octanol–water partition coefficient (Wildman–Crippen LogP) is 2.07. The van der Waals surface area contributed by atoms with E-state index in [1.165, 1.54) is 13.2 Å². The first-order valence-corrected chi connectivity index (χ1v) is 6.68. The smallest absolute Gasteiger partial charge is 0.169 e. The lowest BCUT2D eigenvalue weighted by Gasteiger charge is -2.29. The summed E-state index contributed by atoms with van der Waals surface area (Å²) in [5.41, 5.74) is 0.810. The zero-order valence-corrected chi connectivity index (χ0v) is 11.0. The summed E-state index contributed by atoms with van der Waals surface area (Å²) in [5, 5.41) is 3.34. The Morgan fingerprint density at radius 3 is 2.95 bits per heavy atom. The Hall–Kier alpha value is -1.49. The summed E-state index contributed by atoms with van der Waals surface area (Å²) in [4.78, 5) is 0. The molecule has 1 aromatic rings. The number of benzene rings is 1. The molecule has 1 fully saturated rings. The molecule has 19 heavy (non-hydrogen) atoms. The highest BCUT2D eigenvalue weighted by atomic mass is 19.1. The minimum absolute atomic E-state index is 0.204. The fourth-order valence-corrected chi connectivity index (χ4v) is 2.84. The SMILES string of the molecule is COc1c(F)cc2c(c1C1CCCNC1)OCCO2. The van der Waals surface area contributed by atoms with E-state index in [9.17, 15) is 4.39 Å². The fourth-order valence-electron chi connectivity index (χ4n) is 2.84. The highest BCUT2D eigenvalue weighted by Gasteiger charge is 2.30. The van der Waals surface area contributed by atoms with Crippen LogP contribution in [0.4, 0.5) is 4.39 Å². The van der Waals surface area contributed by atoms with Crippen molar-refractivity contribution in [1.82, 2.24) is 5.32 Å². The van der Waals surface area contributed by atoms with Gasteiger partial charge in [-0.25, -0.2) is 4.39 Å². The minimum atomic E-state index is -0.382.